The van der Waals surface area contributed by atoms with Crippen LogP contribution in [-0.4, -0.2) is 27.5 Å². The summed E-state index contributed by atoms with van der Waals surface area (Å²) in [5.74, 6) is 2.28. The average molecular weight is 233 g/mol. The molecular weight excluding hydrogens is 214 g/mol. The monoisotopic (exact) mass is 233 g/mol. The van der Waals surface area contributed by atoms with Gasteiger partial charge in [-0.05, 0) is 12.8 Å². The van der Waals surface area contributed by atoms with Crippen LogP contribution in [0.2, 0.25) is 0 Å². The van der Waals surface area contributed by atoms with E-state index in [1.807, 2.05) is 16.8 Å². The Hall–Kier alpha value is -1.78. The molecule has 2 heterocycles. The van der Waals surface area contributed by atoms with Gasteiger partial charge in [0, 0.05) is 25.5 Å². The Labute approximate surface area is 101 Å². The molecule has 2 aromatic heterocycles. The molecular formula is C12H19N5. The van der Waals surface area contributed by atoms with Crippen LogP contribution in [0.3, 0.4) is 0 Å². The lowest BCUT2D eigenvalue weighted by Crippen LogP contribution is -2.12. The number of hydrogen-bond acceptors (Lipinski definition) is 4. The van der Waals surface area contributed by atoms with Crippen molar-refractivity contribution in [2.45, 2.75) is 20.8 Å². The normalized spacial score (nSPS) is 11.1. The van der Waals surface area contributed by atoms with Gasteiger partial charge < -0.3 is 15.0 Å². The number of nitrogens with one attached hydrogen (secondary N) is 2. The van der Waals surface area contributed by atoms with Crippen molar-refractivity contribution in [3.8, 4) is 0 Å². The van der Waals surface area contributed by atoms with Gasteiger partial charge in [0.1, 0.15) is 5.82 Å². The molecule has 0 unspecified atom stereocenters. The second kappa shape index (κ2) is 5.03. The minimum atomic E-state index is 0.578. The molecule has 0 fully saturated rings. The minimum Gasteiger partial charge on any atom is -0.369 e. The largest absolute Gasteiger partial charge is 0.369 e. The molecule has 17 heavy (non-hydrogen) atoms. The Bertz CT molecular complexity index is 489. The molecule has 0 amide bonds. The first-order chi connectivity index (χ1) is 8.20. The van der Waals surface area contributed by atoms with Crippen molar-refractivity contribution in [2.24, 2.45) is 5.92 Å². The van der Waals surface area contributed by atoms with E-state index in [0.717, 1.165) is 30.4 Å². The molecule has 2 rings (SSSR count). The van der Waals surface area contributed by atoms with E-state index in [9.17, 15) is 0 Å². The second-order valence-corrected chi connectivity index (χ2v) is 4.44. The molecule has 5 heteroatoms. The first-order valence-corrected chi connectivity index (χ1v) is 6.02. The maximum atomic E-state index is 4.53. The van der Waals surface area contributed by atoms with Crippen molar-refractivity contribution in [3.05, 3.63) is 18.6 Å². The summed E-state index contributed by atoms with van der Waals surface area (Å²) in [6, 6.07) is 0. The van der Waals surface area contributed by atoms with Crippen LogP contribution < -0.4 is 10.6 Å². The SMILES string of the molecule is CCNc1cn2ccnc2c(NCC(C)C)n1. The number of fused-ring (bicyclic) bond motifs is 1. The minimum absolute atomic E-state index is 0.578. The summed E-state index contributed by atoms with van der Waals surface area (Å²) in [6.45, 7) is 8.15. The Morgan fingerprint density at radius 1 is 1.35 bits per heavy atom. The standard InChI is InChI=1S/C12H19N5/c1-4-13-10-8-17-6-5-14-12(17)11(16-10)15-7-9(2)3/h5-6,8-9,13H,4,7H2,1-3H3,(H,15,16). The van der Waals surface area contributed by atoms with E-state index in [0.29, 0.717) is 5.92 Å². The van der Waals surface area contributed by atoms with Gasteiger partial charge in [-0.1, -0.05) is 13.8 Å². The lowest BCUT2D eigenvalue weighted by Gasteiger charge is -2.11. The third-order valence-electron chi connectivity index (χ3n) is 2.41. The van der Waals surface area contributed by atoms with E-state index in [1.165, 1.54) is 0 Å². The third-order valence-corrected chi connectivity index (χ3v) is 2.41. The van der Waals surface area contributed by atoms with Crippen molar-refractivity contribution < 1.29 is 0 Å². The molecule has 0 saturated carbocycles. The summed E-state index contributed by atoms with van der Waals surface area (Å²) in [6.07, 6.45) is 5.66. The predicted octanol–water partition coefficient (Wildman–Crippen LogP) is 2.23. The topological polar surface area (TPSA) is 54.2 Å². The maximum absolute atomic E-state index is 4.53. The summed E-state index contributed by atoms with van der Waals surface area (Å²) in [5.41, 5.74) is 0.868. The molecule has 5 nitrogen and oxygen atoms in total. The number of anilines is 2. The van der Waals surface area contributed by atoms with Crippen LogP contribution in [0.1, 0.15) is 20.8 Å². The Morgan fingerprint density at radius 2 is 2.18 bits per heavy atom. The molecule has 0 aliphatic carbocycles. The number of nitrogens with zero attached hydrogens (tertiary/aromatic N) is 3. The van der Waals surface area contributed by atoms with Crippen LogP contribution in [0.4, 0.5) is 11.6 Å². The summed E-state index contributed by atoms with van der Waals surface area (Å²) in [4.78, 5) is 8.84. The quantitative estimate of drug-likeness (QED) is 0.831. The zero-order valence-corrected chi connectivity index (χ0v) is 10.6. The summed E-state index contributed by atoms with van der Waals surface area (Å²) >= 11 is 0. The highest BCUT2D eigenvalue weighted by Gasteiger charge is 2.07. The molecule has 0 bridgehead atoms. The molecule has 0 atom stereocenters. The Kier molecular flexibility index (Phi) is 3.46. The van der Waals surface area contributed by atoms with Gasteiger partial charge in [0.2, 0.25) is 0 Å². The second-order valence-electron chi connectivity index (χ2n) is 4.44. The summed E-state index contributed by atoms with van der Waals surface area (Å²) in [5, 5.41) is 6.56. The van der Waals surface area contributed by atoms with Crippen LogP contribution >= 0.6 is 0 Å². The molecule has 92 valence electrons. The van der Waals surface area contributed by atoms with Crippen LogP contribution in [0, 0.1) is 5.92 Å². The van der Waals surface area contributed by atoms with Crippen LogP contribution in [0.15, 0.2) is 18.6 Å². The highest BCUT2D eigenvalue weighted by molar-refractivity contribution is 5.65. The third kappa shape index (κ3) is 2.67. The van der Waals surface area contributed by atoms with Gasteiger partial charge in [0.15, 0.2) is 11.5 Å². The summed E-state index contributed by atoms with van der Waals surface area (Å²) < 4.78 is 1.98. The van der Waals surface area contributed by atoms with Gasteiger partial charge in [-0.25, -0.2) is 9.97 Å². The smallest absolute Gasteiger partial charge is 0.180 e. The number of rotatable bonds is 5. The van der Waals surface area contributed by atoms with Crippen molar-refractivity contribution in [1.82, 2.24) is 14.4 Å². The maximum Gasteiger partial charge on any atom is 0.180 e. The van der Waals surface area contributed by atoms with E-state index in [-0.39, 0.29) is 0 Å². The number of hydrogen-bond donors (Lipinski definition) is 2. The van der Waals surface area contributed by atoms with Gasteiger partial charge in [0.25, 0.3) is 0 Å². The fraction of sp³-hybridized carbons (Fsp3) is 0.500. The molecule has 0 saturated heterocycles. The Balaban J connectivity index is 2.32. The van der Waals surface area contributed by atoms with E-state index in [1.54, 1.807) is 6.20 Å². The van der Waals surface area contributed by atoms with Crippen molar-refractivity contribution in [3.63, 3.8) is 0 Å². The Morgan fingerprint density at radius 3 is 2.88 bits per heavy atom. The van der Waals surface area contributed by atoms with Gasteiger partial charge in [-0.3, -0.25) is 0 Å². The van der Waals surface area contributed by atoms with E-state index in [4.69, 9.17) is 0 Å². The molecule has 0 spiro atoms. The molecule has 2 N–H and O–H groups in total. The first kappa shape index (κ1) is 11.7. The van der Waals surface area contributed by atoms with Crippen molar-refractivity contribution in [2.75, 3.05) is 23.7 Å². The molecule has 0 aliphatic heterocycles. The zero-order chi connectivity index (χ0) is 12.3. The number of imidazole rings is 1. The van der Waals surface area contributed by atoms with Gasteiger partial charge in [-0.15, -0.1) is 0 Å². The fourth-order valence-electron chi connectivity index (χ4n) is 1.62. The van der Waals surface area contributed by atoms with Gasteiger partial charge in [0.05, 0.1) is 6.20 Å². The van der Waals surface area contributed by atoms with Crippen molar-refractivity contribution in [1.29, 1.82) is 0 Å². The first-order valence-electron chi connectivity index (χ1n) is 6.02. The molecule has 2 aromatic rings. The highest BCUT2D eigenvalue weighted by Crippen LogP contribution is 2.16. The zero-order valence-electron chi connectivity index (χ0n) is 10.6. The fourth-order valence-corrected chi connectivity index (χ4v) is 1.62. The van der Waals surface area contributed by atoms with E-state index in [2.05, 4.69) is 41.4 Å². The molecule has 0 aliphatic rings. The molecule has 0 radical (unpaired) electrons. The van der Waals surface area contributed by atoms with Crippen LogP contribution in [0.25, 0.3) is 5.65 Å². The van der Waals surface area contributed by atoms with E-state index >= 15 is 0 Å². The van der Waals surface area contributed by atoms with Crippen LogP contribution in [-0.2, 0) is 0 Å². The predicted molar refractivity (Wildman–Crippen MR) is 70.5 cm³/mol. The average Bonchev–Trinajstić information content (AvgIpc) is 2.74. The lowest BCUT2D eigenvalue weighted by molar-refractivity contribution is 0.687. The van der Waals surface area contributed by atoms with E-state index < -0.39 is 0 Å². The van der Waals surface area contributed by atoms with Gasteiger partial charge >= 0.3 is 0 Å². The van der Waals surface area contributed by atoms with Crippen molar-refractivity contribution >= 4 is 17.3 Å². The molecule has 0 aromatic carbocycles. The van der Waals surface area contributed by atoms with Crippen LogP contribution in [0.5, 0.6) is 0 Å². The van der Waals surface area contributed by atoms with Gasteiger partial charge in [-0.2, -0.15) is 0 Å². The summed E-state index contributed by atoms with van der Waals surface area (Å²) in [7, 11) is 0. The lowest BCUT2D eigenvalue weighted by atomic mass is 10.2. The highest BCUT2D eigenvalue weighted by atomic mass is 15.1. The number of aromatic nitrogens is 3.